The number of thioether (sulfide) groups is 1. The first-order valence-corrected chi connectivity index (χ1v) is 9.78. The van der Waals surface area contributed by atoms with Crippen LogP contribution in [0.5, 0.6) is 0 Å². The van der Waals surface area contributed by atoms with E-state index in [-0.39, 0.29) is 17.7 Å². The number of nitrogens with one attached hydrogen (secondary N) is 1. The summed E-state index contributed by atoms with van der Waals surface area (Å²) in [5.74, 6) is 0.201. The maximum Gasteiger partial charge on any atom is 0.230 e. The summed E-state index contributed by atoms with van der Waals surface area (Å²) in [6, 6.07) is 14.1. The molecule has 1 N–H and O–H groups in total. The van der Waals surface area contributed by atoms with E-state index in [9.17, 15) is 4.79 Å². The molecule has 0 aliphatic rings. The van der Waals surface area contributed by atoms with Gasteiger partial charge in [-0.3, -0.25) is 4.79 Å². The molecule has 0 saturated carbocycles. The van der Waals surface area contributed by atoms with E-state index in [0.29, 0.717) is 5.16 Å². The average molecular weight is 382 g/mol. The predicted octanol–water partition coefficient (Wildman–Crippen LogP) is 3.56. The van der Waals surface area contributed by atoms with Gasteiger partial charge in [0.15, 0.2) is 0 Å². The minimum atomic E-state index is -0.0511. The molecular formula is C20H23N5OS. The van der Waals surface area contributed by atoms with E-state index in [2.05, 4.69) is 52.9 Å². The van der Waals surface area contributed by atoms with Gasteiger partial charge in [-0.1, -0.05) is 48.2 Å². The van der Waals surface area contributed by atoms with Crippen molar-refractivity contribution in [1.29, 1.82) is 0 Å². The highest BCUT2D eigenvalue weighted by Gasteiger charge is 2.15. The van der Waals surface area contributed by atoms with Gasteiger partial charge < -0.3 is 5.32 Å². The number of carbonyl (C=O) groups excluding carboxylic acids is 1. The predicted molar refractivity (Wildman–Crippen MR) is 107 cm³/mol. The van der Waals surface area contributed by atoms with E-state index in [1.807, 2.05) is 38.1 Å². The molecule has 0 fully saturated rings. The molecule has 1 atom stereocenters. The van der Waals surface area contributed by atoms with Crippen molar-refractivity contribution in [3.63, 3.8) is 0 Å². The van der Waals surface area contributed by atoms with E-state index in [4.69, 9.17) is 0 Å². The van der Waals surface area contributed by atoms with Gasteiger partial charge in [0.2, 0.25) is 11.1 Å². The molecule has 0 spiro atoms. The van der Waals surface area contributed by atoms with Gasteiger partial charge in [0, 0.05) is 0 Å². The van der Waals surface area contributed by atoms with Crippen LogP contribution in [0.25, 0.3) is 5.69 Å². The van der Waals surface area contributed by atoms with E-state index in [1.165, 1.54) is 22.9 Å². The van der Waals surface area contributed by atoms with Crippen LogP contribution in [-0.4, -0.2) is 31.9 Å². The molecule has 0 unspecified atom stereocenters. The van der Waals surface area contributed by atoms with E-state index >= 15 is 0 Å². The molecule has 3 aromatic rings. The summed E-state index contributed by atoms with van der Waals surface area (Å²) in [7, 11) is 0. The summed E-state index contributed by atoms with van der Waals surface area (Å²) < 4.78 is 1.67. The number of aryl methyl sites for hydroxylation is 3. The summed E-state index contributed by atoms with van der Waals surface area (Å²) in [5.41, 5.74) is 5.55. The lowest BCUT2D eigenvalue weighted by atomic mass is 10.0. The molecule has 0 saturated heterocycles. The maximum atomic E-state index is 12.4. The first kappa shape index (κ1) is 19.1. The molecule has 6 nitrogen and oxygen atoms in total. The Bertz CT molecular complexity index is 953. The quantitative estimate of drug-likeness (QED) is 0.661. The average Bonchev–Trinajstić information content (AvgIpc) is 3.11. The third kappa shape index (κ3) is 4.54. The van der Waals surface area contributed by atoms with Crippen LogP contribution < -0.4 is 5.32 Å². The lowest BCUT2D eigenvalue weighted by molar-refractivity contribution is -0.119. The molecule has 0 radical (unpaired) electrons. The zero-order chi connectivity index (χ0) is 19.4. The van der Waals surface area contributed by atoms with Crippen LogP contribution in [-0.2, 0) is 4.79 Å². The molecule has 0 bridgehead atoms. The number of hydrogen-bond acceptors (Lipinski definition) is 5. The van der Waals surface area contributed by atoms with Gasteiger partial charge in [0.1, 0.15) is 0 Å². The van der Waals surface area contributed by atoms with Gasteiger partial charge in [-0.2, -0.15) is 4.68 Å². The van der Waals surface area contributed by atoms with Gasteiger partial charge >= 0.3 is 0 Å². The van der Waals surface area contributed by atoms with Crippen LogP contribution in [0, 0.1) is 20.8 Å². The number of nitrogens with zero attached hydrogens (tertiary/aromatic N) is 4. The second-order valence-corrected chi connectivity index (χ2v) is 7.52. The molecule has 7 heteroatoms. The second-order valence-electron chi connectivity index (χ2n) is 6.58. The Kier molecular flexibility index (Phi) is 5.91. The third-order valence-corrected chi connectivity index (χ3v) is 5.44. The van der Waals surface area contributed by atoms with Crippen LogP contribution in [0.1, 0.15) is 35.2 Å². The molecule has 0 aliphatic heterocycles. The molecule has 3 rings (SSSR count). The normalized spacial score (nSPS) is 12.0. The number of rotatable bonds is 6. The Hall–Kier alpha value is -2.67. The highest BCUT2D eigenvalue weighted by atomic mass is 32.2. The van der Waals surface area contributed by atoms with Crippen LogP contribution in [0.3, 0.4) is 0 Å². The van der Waals surface area contributed by atoms with E-state index in [1.54, 1.807) is 4.68 Å². The zero-order valence-corrected chi connectivity index (χ0v) is 16.7. The largest absolute Gasteiger partial charge is 0.349 e. The summed E-state index contributed by atoms with van der Waals surface area (Å²) >= 11 is 1.32. The first-order chi connectivity index (χ1) is 13.0. The molecule has 1 amide bonds. The first-order valence-electron chi connectivity index (χ1n) is 8.79. The molecule has 2 aromatic carbocycles. The van der Waals surface area contributed by atoms with Gasteiger partial charge in [-0.15, -0.1) is 5.10 Å². The van der Waals surface area contributed by atoms with Gasteiger partial charge in [-0.05, 0) is 66.4 Å². The summed E-state index contributed by atoms with van der Waals surface area (Å²) in [4.78, 5) is 12.4. The third-order valence-electron chi connectivity index (χ3n) is 4.53. The van der Waals surface area contributed by atoms with Crippen LogP contribution >= 0.6 is 11.8 Å². The van der Waals surface area contributed by atoms with Crippen LogP contribution in [0.15, 0.2) is 47.6 Å². The van der Waals surface area contributed by atoms with Crippen molar-refractivity contribution in [3.05, 3.63) is 64.7 Å². The Morgan fingerprint density at radius 3 is 2.63 bits per heavy atom. The fourth-order valence-corrected chi connectivity index (χ4v) is 3.45. The van der Waals surface area contributed by atoms with Crippen molar-refractivity contribution in [2.24, 2.45) is 0 Å². The molecule has 0 aliphatic carbocycles. The monoisotopic (exact) mass is 381 g/mol. The van der Waals surface area contributed by atoms with E-state index < -0.39 is 0 Å². The van der Waals surface area contributed by atoms with Crippen LogP contribution in [0.2, 0.25) is 0 Å². The van der Waals surface area contributed by atoms with Gasteiger partial charge in [0.05, 0.1) is 17.5 Å². The highest BCUT2D eigenvalue weighted by Crippen LogP contribution is 2.21. The van der Waals surface area contributed by atoms with Crippen LogP contribution in [0.4, 0.5) is 0 Å². The van der Waals surface area contributed by atoms with Crippen molar-refractivity contribution in [2.45, 2.75) is 38.9 Å². The number of aromatic nitrogens is 4. The van der Waals surface area contributed by atoms with Crippen molar-refractivity contribution in [2.75, 3.05) is 5.75 Å². The molecule has 140 valence electrons. The van der Waals surface area contributed by atoms with Crippen molar-refractivity contribution in [3.8, 4) is 5.69 Å². The summed E-state index contributed by atoms with van der Waals surface area (Å²) in [5, 5.41) is 15.5. The minimum Gasteiger partial charge on any atom is -0.349 e. The molecule has 1 heterocycles. The molecule has 1 aromatic heterocycles. The highest BCUT2D eigenvalue weighted by molar-refractivity contribution is 7.99. The lowest BCUT2D eigenvalue weighted by Crippen LogP contribution is -2.28. The van der Waals surface area contributed by atoms with Crippen molar-refractivity contribution >= 4 is 17.7 Å². The van der Waals surface area contributed by atoms with Gasteiger partial charge in [0.25, 0.3) is 0 Å². The Morgan fingerprint density at radius 1 is 1.11 bits per heavy atom. The minimum absolute atomic E-state index is 0.0509. The number of amides is 1. The number of hydrogen-bond donors (Lipinski definition) is 1. The topological polar surface area (TPSA) is 72.7 Å². The number of tetrazole rings is 1. The SMILES string of the molecule is Cc1ccc([C@H](C)NC(=O)CSc2nnnn2-c2ccccc2C)cc1C. The molecular weight excluding hydrogens is 358 g/mol. The Balaban J connectivity index is 1.62. The maximum absolute atomic E-state index is 12.4. The van der Waals surface area contributed by atoms with Crippen molar-refractivity contribution < 1.29 is 4.79 Å². The Labute approximate surface area is 163 Å². The second kappa shape index (κ2) is 8.35. The fourth-order valence-electron chi connectivity index (χ4n) is 2.75. The summed E-state index contributed by atoms with van der Waals surface area (Å²) in [6.07, 6.45) is 0. The number of benzene rings is 2. The van der Waals surface area contributed by atoms with Crippen molar-refractivity contribution in [1.82, 2.24) is 25.5 Å². The molecule has 27 heavy (non-hydrogen) atoms. The summed E-state index contributed by atoms with van der Waals surface area (Å²) in [6.45, 7) is 8.15. The zero-order valence-electron chi connectivity index (χ0n) is 15.9. The number of carbonyl (C=O) groups is 1. The number of para-hydroxylation sites is 1. The lowest BCUT2D eigenvalue weighted by Gasteiger charge is -2.15. The fraction of sp³-hybridized carbons (Fsp3) is 0.300. The van der Waals surface area contributed by atoms with E-state index in [0.717, 1.165) is 16.8 Å². The smallest absolute Gasteiger partial charge is 0.230 e. The van der Waals surface area contributed by atoms with Gasteiger partial charge in [-0.25, -0.2) is 0 Å². The Morgan fingerprint density at radius 2 is 1.89 bits per heavy atom. The standard InChI is InChI=1S/C20H23N5OS/c1-13-9-10-17(11-15(13)3)16(4)21-19(26)12-27-20-22-23-24-25(20)18-8-6-5-7-14(18)2/h5-11,16H,12H2,1-4H3,(H,21,26)/t16-/m0/s1.